The maximum atomic E-state index is 10.4. The minimum atomic E-state index is -1.77. The van der Waals surface area contributed by atoms with E-state index in [-0.39, 0.29) is 0 Å². The van der Waals surface area contributed by atoms with Gasteiger partial charge in [-0.05, 0) is 0 Å². The van der Waals surface area contributed by atoms with Crippen LogP contribution in [-0.2, 0) is 18.9 Å². The van der Waals surface area contributed by atoms with Gasteiger partial charge in [-0.25, -0.2) is 0 Å². The lowest BCUT2D eigenvalue weighted by molar-refractivity contribution is -0.358. The molecule has 2 aliphatic rings. The van der Waals surface area contributed by atoms with Crippen LogP contribution >= 0.6 is 0 Å². The second kappa shape index (κ2) is 10.5. The minimum Gasteiger partial charge on any atom is -0.394 e. The van der Waals surface area contributed by atoms with Crippen molar-refractivity contribution in [1.82, 2.24) is 0 Å². The molecule has 0 spiro atoms. The lowest BCUT2D eigenvalue weighted by Crippen LogP contribution is -2.65. The van der Waals surface area contributed by atoms with Crippen LogP contribution < -0.4 is 0 Å². The number of rotatable bonds is 8. The monoisotopic (exact) mass is 416 g/mol. The fourth-order valence-electron chi connectivity index (χ4n) is 3.03. The molecule has 2 aliphatic heterocycles. The van der Waals surface area contributed by atoms with Crippen molar-refractivity contribution in [3.8, 4) is 0 Å². The molecule has 13 nitrogen and oxygen atoms in total. The van der Waals surface area contributed by atoms with E-state index in [1.165, 1.54) is 0 Å². The molecule has 0 radical (unpaired) electrons. The molecule has 0 bridgehead atoms. The highest BCUT2D eigenvalue weighted by Gasteiger charge is 2.50. The molecule has 0 amide bonds. The van der Waals surface area contributed by atoms with E-state index in [2.05, 4.69) is 0 Å². The topological polar surface area (TPSA) is 219 Å². The summed E-state index contributed by atoms with van der Waals surface area (Å²) in [6.45, 7) is -2.46. The van der Waals surface area contributed by atoms with E-state index in [0.717, 1.165) is 0 Å². The first-order valence-electron chi connectivity index (χ1n) is 8.74. The smallest absolute Gasteiger partial charge is 0.187 e. The van der Waals surface area contributed by atoms with Gasteiger partial charge in [0.05, 0.1) is 26.4 Å². The highest BCUT2D eigenvalue weighted by atomic mass is 16.7. The van der Waals surface area contributed by atoms with Gasteiger partial charge in [0, 0.05) is 0 Å². The number of aliphatic hydroxyl groups is 9. The minimum absolute atomic E-state index is 0.445. The summed E-state index contributed by atoms with van der Waals surface area (Å²) >= 11 is 0. The summed E-state index contributed by atoms with van der Waals surface area (Å²) in [5, 5.41) is 87.0. The molecule has 2 fully saturated rings. The van der Waals surface area contributed by atoms with Crippen molar-refractivity contribution in [1.29, 1.82) is 0 Å². The average Bonchev–Trinajstić information content (AvgIpc) is 2.69. The molecule has 13 heteroatoms. The Bertz CT molecular complexity index is 465. The molecule has 0 aliphatic carbocycles. The third-order valence-corrected chi connectivity index (χ3v) is 4.64. The van der Waals surface area contributed by atoms with E-state index in [9.17, 15) is 40.9 Å². The zero-order valence-corrected chi connectivity index (χ0v) is 14.8. The SMILES string of the molecule is OCC(O)CO[C@@H]1[C@@H](O)[C@@H](O[C@H]2[C@H](O)[C@@H](O)[C@H](O)O[C@@H]2CO)O[C@H](CO)[C@H]1O. The van der Waals surface area contributed by atoms with Gasteiger partial charge < -0.3 is 64.9 Å². The van der Waals surface area contributed by atoms with Crippen LogP contribution in [0.3, 0.4) is 0 Å². The van der Waals surface area contributed by atoms with Crippen molar-refractivity contribution in [2.75, 3.05) is 26.4 Å². The van der Waals surface area contributed by atoms with Gasteiger partial charge in [-0.1, -0.05) is 0 Å². The van der Waals surface area contributed by atoms with Crippen LogP contribution in [0, 0.1) is 0 Å². The summed E-state index contributed by atoms with van der Waals surface area (Å²) in [7, 11) is 0. The molecule has 11 atom stereocenters. The van der Waals surface area contributed by atoms with Gasteiger partial charge in [-0.2, -0.15) is 0 Å². The highest BCUT2D eigenvalue weighted by Crippen LogP contribution is 2.29. The van der Waals surface area contributed by atoms with Crippen LogP contribution in [-0.4, -0.2) is 140 Å². The van der Waals surface area contributed by atoms with E-state index in [0.29, 0.717) is 0 Å². The van der Waals surface area contributed by atoms with Gasteiger partial charge in [0.25, 0.3) is 0 Å². The van der Waals surface area contributed by atoms with Crippen LogP contribution in [0.5, 0.6) is 0 Å². The van der Waals surface area contributed by atoms with E-state index >= 15 is 0 Å². The van der Waals surface area contributed by atoms with E-state index < -0.39 is 93.9 Å². The molecule has 0 aromatic rings. The lowest BCUT2D eigenvalue weighted by Gasteiger charge is -2.46. The predicted octanol–water partition coefficient (Wildman–Crippen LogP) is -6.02. The maximum Gasteiger partial charge on any atom is 0.187 e. The van der Waals surface area contributed by atoms with Crippen molar-refractivity contribution in [2.45, 2.75) is 67.5 Å². The average molecular weight is 416 g/mol. The lowest BCUT2D eigenvalue weighted by atomic mass is 9.97. The van der Waals surface area contributed by atoms with Gasteiger partial charge in [-0.3, -0.25) is 0 Å². The Morgan fingerprint density at radius 1 is 0.750 bits per heavy atom. The fraction of sp³-hybridized carbons (Fsp3) is 1.00. The van der Waals surface area contributed by atoms with Gasteiger partial charge in [-0.15, -0.1) is 0 Å². The first-order valence-corrected chi connectivity index (χ1v) is 8.74. The largest absolute Gasteiger partial charge is 0.394 e. The van der Waals surface area contributed by atoms with Gasteiger partial charge in [0.1, 0.15) is 54.9 Å². The number of hydrogen-bond donors (Lipinski definition) is 9. The third kappa shape index (κ3) is 5.14. The Kier molecular flexibility index (Phi) is 8.90. The number of hydrogen-bond acceptors (Lipinski definition) is 13. The van der Waals surface area contributed by atoms with Crippen molar-refractivity contribution >= 4 is 0 Å². The molecule has 28 heavy (non-hydrogen) atoms. The quantitative estimate of drug-likeness (QED) is 0.180. The summed E-state index contributed by atoms with van der Waals surface area (Å²) in [5.74, 6) is 0. The molecule has 9 N–H and O–H groups in total. The van der Waals surface area contributed by atoms with Crippen molar-refractivity contribution in [3.05, 3.63) is 0 Å². The van der Waals surface area contributed by atoms with Crippen LogP contribution in [0.4, 0.5) is 0 Å². The Balaban J connectivity index is 2.13. The summed E-state index contributed by atoms with van der Waals surface area (Å²) in [6.07, 6.45) is -16.7. The molecule has 2 saturated heterocycles. The summed E-state index contributed by atoms with van der Waals surface area (Å²) in [4.78, 5) is 0. The van der Waals surface area contributed by atoms with Crippen LogP contribution in [0.15, 0.2) is 0 Å². The van der Waals surface area contributed by atoms with E-state index in [1.807, 2.05) is 0 Å². The molecule has 2 heterocycles. The van der Waals surface area contributed by atoms with Crippen LogP contribution in [0.1, 0.15) is 0 Å². The predicted molar refractivity (Wildman–Crippen MR) is 85.4 cm³/mol. The van der Waals surface area contributed by atoms with Crippen molar-refractivity contribution in [3.63, 3.8) is 0 Å². The van der Waals surface area contributed by atoms with Gasteiger partial charge >= 0.3 is 0 Å². The second-order valence-corrected chi connectivity index (χ2v) is 6.67. The summed E-state index contributed by atoms with van der Waals surface area (Å²) < 4.78 is 20.9. The van der Waals surface area contributed by atoms with E-state index in [1.54, 1.807) is 0 Å². The molecule has 0 aromatic carbocycles. The summed E-state index contributed by atoms with van der Waals surface area (Å²) in [6, 6.07) is 0. The molecule has 0 saturated carbocycles. The molecule has 166 valence electrons. The fourth-order valence-corrected chi connectivity index (χ4v) is 3.03. The maximum absolute atomic E-state index is 10.4. The first-order chi connectivity index (χ1) is 13.2. The Labute approximate surface area is 159 Å². The molecule has 0 aromatic heterocycles. The Morgan fingerprint density at radius 2 is 1.39 bits per heavy atom. The molecule has 1 unspecified atom stereocenters. The highest BCUT2D eigenvalue weighted by molar-refractivity contribution is 4.94. The van der Waals surface area contributed by atoms with E-state index in [4.69, 9.17) is 24.1 Å². The normalized spacial score (nSPS) is 45.8. The summed E-state index contributed by atoms with van der Waals surface area (Å²) in [5.41, 5.74) is 0. The zero-order chi connectivity index (χ0) is 21.0. The Morgan fingerprint density at radius 3 is 1.96 bits per heavy atom. The Hall–Kier alpha value is -0.520. The second-order valence-electron chi connectivity index (χ2n) is 6.67. The zero-order valence-electron chi connectivity index (χ0n) is 14.8. The van der Waals surface area contributed by atoms with Crippen molar-refractivity contribution < 1.29 is 64.9 Å². The number of aliphatic hydroxyl groups excluding tert-OH is 9. The first kappa shape index (κ1) is 23.8. The number of ether oxygens (including phenoxy) is 4. The molecular weight excluding hydrogens is 388 g/mol. The van der Waals surface area contributed by atoms with Crippen LogP contribution in [0.25, 0.3) is 0 Å². The van der Waals surface area contributed by atoms with Crippen molar-refractivity contribution in [2.24, 2.45) is 0 Å². The molecule has 2 rings (SSSR count). The third-order valence-electron chi connectivity index (χ3n) is 4.64. The van der Waals surface area contributed by atoms with Gasteiger partial charge in [0.15, 0.2) is 12.6 Å². The van der Waals surface area contributed by atoms with Gasteiger partial charge in [0.2, 0.25) is 0 Å². The molecular formula is C15H28O13. The standard InChI is InChI=1S/C15H28O13/c16-1-5(19)4-25-13-8(20)6(2-17)27-15(11(13)23)28-12-7(3-18)26-14(24)10(22)9(12)21/h5-24H,1-4H2/t5?,6-,7-,8-,9-,10-,11-,12-,13+,14-,15-/m1/s1. The van der Waals surface area contributed by atoms with Crippen LogP contribution in [0.2, 0.25) is 0 Å².